The molecule has 1 N–H and O–H groups in total. The molecule has 2 aromatic rings. The van der Waals surface area contributed by atoms with Gasteiger partial charge in [0.2, 0.25) is 0 Å². The van der Waals surface area contributed by atoms with Crippen LogP contribution in [0.2, 0.25) is 0 Å². The third-order valence-corrected chi connectivity index (χ3v) is 3.67. The van der Waals surface area contributed by atoms with E-state index in [1.54, 1.807) is 7.11 Å². The van der Waals surface area contributed by atoms with E-state index in [0.717, 1.165) is 25.3 Å². The number of methoxy groups -OCH3 is 1. The first-order valence-electron chi connectivity index (χ1n) is 7.63. The number of benzene rings is 1. The molecule has 0 radical (unpaired) electrons. The van der Waals surface area contributed by atoms with Gasteiger partial charge in [-0.15, -0.1) is 0 Å². The lowest BCUT2D eigenvalue weighted by atomic mass is 10.0. The van der Waals surface area contributed by atoms with Crippen molar-refractivity contribution >= 4 is 0 Å². The maximum absolute atomic E-state index is 5.80. The Morgan fingerprint density at radius 3 is 2.62 bits per heavy atom. The highest BCUT2D eigenvalue weighted by molar-refractivity contribution is 5.21. The molecule has 0 aliphatic carbocycles. The molecule has 0 aliphatic rings. The molecule has 0 amide bonds. The summed E-state index contributed by atoms with van der Waals surface area (Å²) in [5, 5.41) is 3.59. The van der Waals surface area contributed by atoms with Crippen LogP contribution in [0.4, 0.5) is 0 Å². The summed E-state index contributed by atoms with van der Waals surface area (Å²) in [7, 11) is 1.76. The maximum atomic E-state index is 5.80. The summed E-state index contributed by atoms with van der Waals surface area (Å²) < 4.78 is 7.97. The lowest BCUT2D eigenvalue weighted by Crippen LogP contribution is -2.31. The normalized spacial score (nSPS) is 14.0. The Balaban J connectivity index is 2.34. The van der Waals surface area contributed by atoms with Crippen molar-refractivity contribution in [2.45, 2.75) is 39.0 Å². The number of hydrogen-bond acceptors (Lipinski definition) is 3. The number of rotatable bonds is 8. The largest absolute Gasteiger partial charge is 0.375 e. The molecule has 2 atom stereocenters. The first-order valence-corrected chi connectivity index (χ1v) is 7.63. The maximum Gasteiger partial charge on any atom is 0.128 e. The van der Waals surface area contributed by atoms with Crippen LogP contribution in [0.15, 0.2) is 42.7 Å². The number of hydrogen-bond donors (Lipinski definition) is 1. The van der Waals surface area contributed by atoms with Crippen molar-refractivity contribution in [2.24, 2.45) is 0 Å². The predicted octanol–water partition coefficient (Wildman–Crippen LogP) is 3.33. The van der Waals surface area contributed by atoms with E-state index in [2.05, 4.69) is 40.8 Å². The van der Waals surface area contributed by atoms with Crippen molar-refractivity contribution in [1.29, 1.82) is 0 Å². The van der Waals surface area contributed by atoms with Crippen LogP contribution in [-0.4, -0.2) is 23.2 Å². The predicted molar refractivity (Wildman–Crippen MR) is 85.1 cm³/mol. The van der Waals surface area contributed by atoms with Crippen molar-refractivity contribution < 1.29 is 4.74 Å². The fourth-order valence-electron chi connectivity index (χ4n) is 2.61. The van der Waals surface area contributed by atoms with Crippen molar-refractivity contribution in [3.8, 4) is 0 Å². The van der Waals surface area contributed by atoms with E-state index in [9.17, 15) is 0 Å². The molecule has 1 aromatic heterocycles. The number of imidazole rings is 1. The Morgan fingerprint density at radius 1 is 1.24 bits per heavy atom. The van der Waals surface area contributed by atoms with Crippen molar-refractivity contribution in [3.63, 3.8) is 0 Å². The molecule has 114 valence electrons. The van der Waals surface area contributed by atoms with Gasteiger partial charge in [0.05, 0.1) is 6.04 Å². The van der Waals surface area contributed by atoms with Crippen LogP contribution in [0.25, 0.3) is 0 Å². The van der Waals surface area contributed by atoms with Gasteiger partial charge in [-0.05, 0) is 25.5 Å². The van der Waals surface area contributed by atoms with Gasteiger partial charge in [-0.25, -0.2) is 4.98 Å². The summed E-state index contributed by atoms with van der Waals surface area (Å²) >= 11 is 0. The summed E-state index contributed by atoms with van der Waals surface area (Å²) in [6, 6.07) is 10.4. The van der Waals surface area contributed by atoms with Crippen molar-refractivity contribution in [1.82, 2.24) is 14.9 Å². The summed E-state index contributed by atoms with van der Waals surface area (Å²) in [5.41, 5.74) is 1.17. The van der Waals surface area contributed by atoms with Gasteiger partial charge in [-0.2, -0.15) is 0 Å². The molecule has 2 unspecified atom stereocenters. The highest BCUT2D eigenvalue weighted by Crippen LogP contribution is 2.30. The van der Waals surface area contributed by atoms with E-state index in [4.69, 9.17) is 4.74 Å². The van der Waals surface area contributed by atoms with Gasteiger partial charge >= 0.3 is 0 Å². The van der Waals surface area contributed by atoms with Crippen LogP contribution >= 0.6 is 0 Å². The van der Waals surface area contributed by atoms with E-state index in [1.807, 2.05) is 30.6 Å². The second kappa shape index (κ2) is 7.96. The Morgan fingerprint density at radius 2 is 2.00 bits per heavy atom. The number of aryl methyl sites for hydroxylation is 1. The van der Waals surface area contributed by atoms with Gasteiger partial charge in [0, 0.05) is 26.0 Å². The SMILES string of the molecule is CCCNC(c1nccn1CC)C(OC)c1ccccc1. The molecule has 1 aromatic carbocycles. The molecule has 21 heavy (non-hydrogen) atoms. The molecule has 4 heteroatoms. The molecular weight excluding hydrogens is 262 g/mol. The topological polar surface area (TPSA) is 39.1 Å². The zero-order valence-corrected chi connectivity index (χ0v) is 13.1. The van der Waals surface area contributed by atoms with Gasteiger partial charge in [0.1, 0.15) is 11.9 Å². The number of nitrogens with zero attached hydrogens (tertiary/aromatic N) is 2. The fourth-order valence-corrected chi connectivity index (χ4v) is 2.61. The molecule has 1 heterocycles. The second-order valence-electron chi connectivity index (χ2n) is 5.07. The molecule has 2 rings (SSSR count). The number of ether oxygens (including phenoxy) is 1. The zero-order valence-electron chi connectivity index (χ0n) is 13.1. The highest BCUT2D eigenvalue weighted by atomic mass is 16.5. The van der Waals surface area contributed by atoms with E-state index in [1.165, 1.54) is 5.56 Å². The number of nitrogens with one attached hydrogen (secondary N) is 1. The molecule has 0 spiro atoms. The zero-order chi connectivity index (χ0) is 15.1. The minimum atomic E-state index is -0.0505. The van der Waals surface area contributed by atoms with Gasteiger partial charge in [0.25, 0.3) is 0 Å². The first-order chi connectivity index (χ1) is 10.3. The van der Waals surface area contributed by atoms with Gasteiger partial charge in [-0.1, -0.05) is 37.3 Å². The van der Waals surface area contributed by atoms with Crippen LogP contribution in [0, 0.1) is 0 Å². The van der Waals surface area contributed by atoms with E-state index in [-0.39, 0.29) is 12.1 Å². The van der Waals surface area contributed by atoms with Gasteiger partial charge in [0.15, 0.2) is 0 Å². The molecule has 4 nitrogen and oxygen atoms in total. The minimum Gasteiger partial charge on any atom is -0.375 e. The van der Waals surface area contributed by atoms with Crippen LogP contribution in [-0.2, 0) is 11.3 Å². The monoisotopic (exact) mass is 287 g/mol. The molecular formula is C17H25N3O. The highest BCUT2D eigenvalue weighted by Gasteiger charge is 2.27. The van der Waals surface area contributed by atoms with E-state index < -0.39 is 0 Å². The first kappa shape index (κ1) is 15.7. The fraction of sp³-hybridized carbons (Fsp3) is 0.471. The minimum absolute atomic E-state index is 0.0484. The Hall–Kier alpha value is -1.65. The van der Waals surface area contributed by atoms with Crippen LogP contribution in [0.5, 0.6) is 0 Å². The lowest BCUT2D eigenvalue weighted by molar-refractivity contribution is 0.0636. The Kier molecular flexibility index (Phi) is 5.96. The van der Waals surface area contributed by atoms with Crippen LogP contribution in [0.1, 0.15) is 43.8 Å². The molecule has 0 aliphatic heterocycles. The average Bonchev–Trinajstić information content (AvgIpc) is 3.00. The molecule has 0 saturated heterocycles. The van der Waals surface area contributed by atoms with Crippen LogP contribution in [0.3, 0.4) is 0 Å². The van der Waals surface area contributed by atoms with Gasteiger partial charge < -0.3 is 14.6 Å². The third-order valence-electron chi connectivity index (χ3n) is 3.67. The van der Waals surface area contributed by atoms with Crippen molar-refractivity contribution in [3.05, 3.63) is 54.1 Å². The standard InChI is InChI=1S/C17H25N3O/c1-4-11-18-15(17-19-12-13-20(17)5-2)16(21-3)14-9-7-6-8-10-14/h6-10,12-13,15-16,18H,4-5,11H2,1-3H3. The van der Waals surface area contributed by atoms with E-state index in [0.29, 0.717) is 0 Å². The molecule has 0 saturated carbocycles. The smallest absolute Gasteiger partial charge is 0.128 e. The Bertz CT molecular complexity index is 524. The third kappa shape index (κ3) is 3.71. The summed E-state index contributed by atoms with van der Waals surface area (Å²) in [6.45, 7) is 6.14. The quantitative estimate of drug-likeness (QED) is 0.809. The number of aromatic nitrogens is 2. The summed E-state index contributed by atoms with van der Waals surface area (Å²) in [4.78, 5) is 4.56. The van der Waals surface area contributed by atoms with Gasteiger partial charge in [-0.3, -0.25) is 0 Å². The molecule has 0 fully saturated rings. The Labute approximate surface area is 127 Å². The average molecular weight is 287 g/mol. The summed E-state index contributed by atoms with van der Waals surface area (Å²) in [5.74, 6) is 1.03. The molecule has 0 bridgehead atoms. The van der Waals surface area contributed by atoms with Crippen LogP contribution < -0.4 is 5.32 Å². The summed E-state index contributed by atoms with van der Waals surface area (Å²) in [6.07, 6.45) is 4.91. The van der Waals surface area contributed by atoms with E-state index >= 15 is 0 Å². The second-order valence-corrected chi connectivity index (χ2v) is 5.07. The lowest BCUT2D eigenvalue weighted by Gasteiger charge is -2.27. The van der Waals surface area contributed by atoms with Crippen molar-refractivity contribution in [2.75, 3.05) is 13.7 Å².